The van der Waals surface area contributed by atoms with E-state index in [4.69, 9.17) is 5.41 Å². The highest BCUT2D eigenvalue weighted by Crippen LogP contribution is 2.40. The van der Waals surface area contributed by atoms with Crippen molar-refractivity contribution in [1.82, 2.24) is 15.5 Å². The topological polar surface area (TPSA) is 140 Å². The van der Waals surface area contributed by atoms with Gasteiger partial charge in [-0.05, 0) is 62.1 Å². The van der Waals surface area contributed by atoms with Crippen LogP contribution in [0.1, 0.15) is 72.7 Å². The number of fused-ring (bicyclic) bond motifs is 2. The van der Waals surface area contributed by atoms with Gasteiger partial charge in [0.15, 0.2) is 15.8 Å². The van der Waals surface area contributed by atoms with E-state index < -0.39 is 39.0 Å². The van der Waals surface area contributed by atoms with Crippen molar-refractivity contribution in [3.63, 3.8) is 0 Å². The van der Waals surface area contributed by atoms with Gasteiger partial charge in [0, 0.05) is 23.9 Å². The van der Waals surface area contributed by atoms with Crippen molar-refractivity contribution >= 4 is 27.6 Å². The fraction of sp³-hybridized carbons (Fsp3) is 0.423. The Kier molecular flexibility index (Phi) is 5.53. The molecule has 9 nitrogen and oxygen atoms in total. The van der Waals surface area contributed by atoms with E-state index in [1.165, 1.54) is 23.1 Å². The zero-order chi connectivity index (χ0) is 26.0. The average molecular weight is 511 g/mol. The van der Waals surface area contributed by atoms with Gasteiger partial charge in [-0.1, -0.05) is 24.3 Å². The van der Waals surface area contributed by atoms with Gasteiger partial charge in [-0.25, -0.2) is 8.42 Å². The summed E-state index contributed by atoms with van der Waals surface area (Å²) >= 11 is 0. The first-order valence-corrected chi connectivity index (χ1v) is 13.6. The summed E-state index contributed by atoms with van der Waals surface area (Å²) in [6, 6.07) is 10.6. The third kappa shape index (κ3) is 4.08. The number of aliphatic hydroxyl groups is 1. The number of hydrogen-bond donors (Lipinski definition) is 4. The van der Waals surface area contributed by atoms with Gasteiger partial charge >= 0.3 is 0 Å². The van der Waals surface area contributed by atoms with Crippen LogP contribution in [0.5, 0.6) is 0 Å². The number of benzene rings is 2. The van der Waals surface area contributed by atoms with Crippen LogP contribution in [0, 0.1) is 5.41 Å². The van der Waals surface area contributed by atoms with Gasteiger partial charge in [-0.3, -0.25) is 19.9 Å². The Morgan fingerprint density at radius 3 is 2.58 bits per heavy atom. The maximum atomic E-state index is 13.3. The quantitative estimate of drug-likeness (QED) is 0.499. The predicted molar refractivity (Wildman–Crippen MR) is 133 cm³/mol. The largest absolute Gasteiger partial charge is 0.387 e. The van der Waals surface area contributed by atoms with Gasteiger partial charge < -0.3 is 15.7 Å². The standard InChI is InChI=1S/C26H30N4O5S/c1-25(2)14-21(31)30(24(27)29-25)19-10-11-36(34,35)20-9-8-15(12-18(19)20)23(32)28-22-17-7-5-4-6-16(17)13-26(22,3)33/h4-9,12,19,22,33H,10-11,13-14H2,1-3H3,(H2,27,29)(H,28,32)/t19?,22-,26+/m1/s1. The molecule has 4 N–H and O–H groups in total. The Labute approximate surface area is 210 Å². The predicted octanol–water partition coefficient (Wildman–Crippen LogP) is 2.22. The van der Waals surface area contributed by atoms with Crippen LogP contribution in [0.4, 0.5) is 0 Å². The Hall–Kier alpha value is -3.24. The van der Waals surface area contributed by atoms with E-state index in [-0.39, 0.29) is 40.9 Å². The number of hydrogen-bond acceptors (Lipinski definition) is 6. The second kappa shape index (κ2) is 8.14. The molecule has 36 heavy (non-hydrogen) atoms. The zero-order valence-electron chi connectivity index (χ0n) is 20.5. The molecule has 1 unspecified atom stereocenters. The lowest BCUT2D eigenvalue weighted by Gasteiger charge is -2.43. The molecular formula is C26H30N4O5S. The lowest BCUT2D eigenvalue weighted by atomic mass is 9.93. The van der Waals surface area contributed by atoms with Crippen LogP contribution in [0.25, 0.3) is 0 Å². The van der Waals surface area contributed by atoms with Gasteiger partial charge in [-0.2, -0.15) is 0 Å². The summed E-state index contributed by atoms with van der Waals surface area (Å²) < 4.78 is 25.7. The van der Waals surface area contributed by atoms with Gasteiger partial charge in [-0.15, -0.1) is 0 Å². The van der Waals surface area contributed by atoms with Crippen LogP contribution in [0.3, 0.4) is 0 Å². The van der Waals surface area contributed by atoms with E-state index in [1.54, 1.807) is 6.92 Å². The molecule has 0 spiro atoms. The second-order valence-electron chi connectivity index (χ2n) is 10.8. The first-order valence-electron chi connectivity index (χ1n) is 12.0. The highest BCUT2D eigenvalue weighted by molar-refractivity contribution is 7.91. The molecule has 3 aliphatic rings. The molecule has 5 rings (SSSR count). The number of rotatable bonds is 3. The van der Waals surface area contributed by atoms with E-state index in [9.17, 15) is 23.1 Å². The van der Waals surface area contributed by atoms with Crippen molar-refractivity contribution < 1.29 is 23.1 Å². The zero-order valence-corrected chi connectivity index (χ0v) is 21.3. The van der Waals surface area contributed by atoms with Crippen molar-refractivity contribution in [3.05, 3.63) is 64.7 Å². The fourth-order valence-corrected chi connectivity index (χ4v) is 7.21. The number of nitrogens with one attached hydrogen (secondary N) is 3. The van der Waals surface area contributed by atoms with E-state index in [0.717, 1.165) is 11.1 Å². The van der Waals surface area contributed by atoms with Gasteiger partial charge in [0.1, 0.15) is 0 Å². The summed E-state index contributed by atoms with van der Waals surface area (Å²) in [5.74, 6) is -0.966. The summed E-state index contributed by atoms with van der Waals surface area (Å²) in [7, 11) is -3.60. The third-order valence-electron chi connectivity index (χ3n) is 7.31. The van der Waals surface area contributed by atoms with Crippen LogP contribution in [-0.2, 0) is 21.1 Å². The summed E-state index contributed by atoms with van der Waals surface area (Å²) in [5, 5.41) is 25.4. The fourth-order valence-electron chi connectivity index (χ4n) is 5.62. The summed E-state index contributed by atoms with van der Waals surface area (Å²) in [5.41, 5.74) is 0.599. The first-order chi connectivity index (χ1) is 16.8. The number of carbonyl (C=O) groups is 2. The van der Waals surface area contributed by atoms with Crippen molar-refractivity contribution in [2.24, 2.45) is 0 Å². The van der Waals surface area contributed by atoms with Gasteiger partial charge in [0.05, 0.1) is 28.3 Å². The van der Waals surface area contributed by atoms with Crippen LogP contribution in [0.2, 0.25) is 0 Å². The molecule has 1 saturated heterocycles. The molecule has 2 amide bonds. The smallest absolute Gasteiger partial charge is 0.251 e. The minimum absolute atomic E-state index is 0.0685. The average Bonchev–Trinajstić information content (AvgIpc) is 3.03. The molecule has 1 aliphatic carbocycles. The number of carbonyl (C=O) groups excluding carboxylic acids is 2. The van der Waals surface area contributed by atoms with Crippen molar-refractivity contribution in [2.75, 3.05) is 5.75 Å². The Bertz CT molecular complexity index is 1380. The maximum Gasteiger partial charge on any atom is 0.251 e. The molecule has 2 heterocycles. The van der Waals surface area contributed by atoms with Crippen LogP contribution >= 0.6 is 0 Å². The Balaban J connectivity index is 1.50. The monoisotopic (exact) mass is 510 g/mol. The summed E-state index contributed by atoms with van der Waals surface area (Å²) in [6.45, 7) is 5.33. The van der Waals surface area contributed by atoms with Crippen molar-refractivity contribution in [1.29, 1.82) is 5.41 Å². The van der Waals surface area contributed by atoms with E-state index in [0.29, 0.717) is 12.0 Å². The summed E-state index contributed by atoms with van der Waals surface area (Å²) in [4.78, 5) is 27.7. The molecule has 2 aromatic rings. The number of amides is 2. The highest BCUT2D eigenvalue weighted by Gasteiger charge is 2.44. The molecule has 10 heteroatoms. The molecule has 190 valence electrons. The van der Waals surface area contributed by atoms with Crippen LogP contribution in [0.15, 0.2) is 47.4 Å². The Morgan fingerprint density at radius 2 is 1.86 bits per heavy atom. The third-order valence-corrected chi connectivity index (χ3v) is 9.12. The molecule has 3 atom stereocenters. The maximum absolute atomic E-state index is 13.3. The molecule has 2 aromatic carbocycles. The van der Waals surface area contributed by atoms with E-state index >= 15 is 0 Å². The molecule has 0 bridgehead atoms. The van der Waals surface area contributed by atoms with E-state index in [1.807, 2.05) is 38.1 Å². The highest BCUT2D eigenvalue weighted by atomic mass is 32.2. The minimum Gasteiger partial charge on any atom is -0.387 e. The molecular weight excluding hydrogens is 480 g/mol. The number of nitrogens with zero attached hydrogens (tertiary/aromatic N) is 1. The van der Waals surface area contributed by atoms with Crippen LogP contribution < -0.4 is 10.6 Å². The van der Waals surface area contributed by atoms with Gasteiger partial charge in [0.2, 0.25) is 5.91 Å². The first kappa shape index (κ1) is 24.5. The lowest BCUT2D eigenvalue weighted by molar-refractivity contribution is -0.132. The molecule has 1 fully saturated rings. The molecule has 0 aromatic heterocycles. The van der Waals surface area contributed by atoms with Crippen molar-refractivity contribution in [3.8, 4) is 0 Å². The Morgan fingerprint density at radius 1 is 1.14 bits per heavy atom. The normalized spacial score (nSPS) is 28.2. The van der Waals surface area contributed by atoms with Gasteiger partial charge in [0.25, 0.3) is 5.91 Å². The SMILES string of the molecule is CC1(C)CC(=O)N(C2CCS(=O)(=O)c3ccc(C(=O)N[C@@H]4c5ccccc5C[C@]4(C)O)cc32)C(=N)N1. The second-order valence-corrected chi connectivity index (χ2v) is 12.9. The number of sulfone groups is 1. The molecule has 2 aliphatic heterocycles. The summed E-state index contributed by atoms with van der Waals surface area (Å²) in [6.07, 6.45) is 0.687. The molecule has 0 radical (unpaired) electrons. The van der Waals surface area contributed by atoms with Crippen molar-refractivity contribution in [2.45, 2.75) is 68.2 Å². The lowest BCUT2D eigenvalue weighted by Crippen LogP contribution is -2.60. The molecule has 0 saturated carbocycles. The number of guanidine groups is 1. The van der Waals surface area contributed by atoms with E-state index in [2.05, 4.69) is 10.6 Å². The minimum atomic E-state index is -3.60. The van der Waals surface area contributed by atoms with Crippen LogP contribution in [-0.4, -0.2) is 53.1 Å².